The maximum Gasteiger partial charge on any atom is 0.276 e. The van der Waals surface area contributed by atoms with E-state index in [4.69, 9.17) is 9.26 Å². The van der Waals surface area contributed by atoms with Crippen LogP contribution < -0.4 is 9.95 Å². The van der Waals surface area contributed by atoms with Crippen molar-refractivity contribution in [1.29, 1.82) is 0 Å². The molecule has 0 N–H and O–H groups in total. The third kappa shape index (κ3) is 3.50. The summed E-state index contributed by atoms with van der Waals surface area (Å²) < 4.78 is 13.0. The fourth-order valence-electron chi connectivity index (χ4n) is 5.17. The number of ketones is 1. The number of hydrogen-bond donors (Lipinski definition) is 0. The molecule has 3 heterocycles. The van der Waals surface area contributed by atoms with E-state index in [1.807, 2.05) is 39.8 Å². The Hall–Kier alpha value is -2.50. The Bertz CT molecular complexity index is 1080. The highest BCUT2D eigenvalue weighted by atomic mass is 31.0. The molecule has 1 saturated heterocycles. The number of carbonyl (C=O) groups excluding carboxylic acids is 2. The van der Waals surface area contributed by atoms with E-state index in [1.54, 1.807) is 9.47 Å². The lowest BCUT2D eigenvalue weighted by Crippen LogP contribution is -2.59. The minimum Gasteiger partial charge on any atom is -0.474 e. The van der Waals surface area contributed by atoms with Gasteiger partial charge in [-0.2, -0.15) is 0 Å². The molecule has 5 rings (SSSR count). The number of hydrogen-bond acceptors (Lipinski definition) is 5. The van der Waals surface area contributed by atoms with E-state index in [2.05, 4.69) is 0 Å². The van der Waals surface area contributed by atoms with Crippen LogP contribution in [0.3, 0.4) is 0 Å². The molecule has 4 atom stereocenters. The molecule has 2 aliphatic heterocycles. The van der Waals surface area contributed by atoms with Crippen molar-refractivity contribution in [2.24, 2.45) is 5.92 Å². The summed E-state index contributed by atoms with van der Waals surface area (Å²) in [6.45, 7) is 1.02. The highest BCUT2D eigenvalue weighted by Crippen LogP contribution is 2.39. The quantitative estimate of drug-likeness (QED) is 0.528. The van der Waals surface area contributed by atoms with E-state index >= 15 is 0 Å². The second-order valence-corrected chi connectivity index (χ2v) is 8.72. The molecule has 0 radical (unpaired) electrons. The van der Waals surface area contributed by atoms with Crippen LogP contribution in [0.25, 0.3) is 0 Å². The maximum absolute atomic E-state index is 13.4. The van der Waals surface area contributed by atoms with Gasteiger partial charge in [-0.15, -0.1) is 0 Å². The number of nitrogens with zero attached hydrogens (tertiary/aromatic N) is 2. The van der Waals surface area contributed by atoms with Crippen molar-refractivity contribution in [2.75, 3.05) is 6.61 Å². The van der Waals surface area contributed by atoms with E-state index in [1.165, 1.54) is 6.20 Å². The third-order valence-corrected chi connectivity index (χ3v) is 6.95. The van der Waals surface area contributed by atoms with Gasteiger partial charge in [0.25, 0.3) is 5.91 Å². The Balaban J connectivity index is 1.48. The lowest BCUT2D eigenvalue weighted by molar-refractivity contribution is -0.134. The molecule has 2 aromatic rings. The van der Waals surface area contributed by atoms with Crippen LogP contribution in [-0.4, -0.2) is 40.0 Å². The molecule has 1 aliphatic carbocycles. The van der Waals surface area contributed by atoms with Crippen LogP contribution in [0.1, 0.15) is 52.1 Å². The zero-order valence-corrected chi connectivity index (χ0v) is 18.3. The number of ether oxygens (including phenoxy) is 1. The monoisotopic (exact) mass is 440 g/mol. The van der Waals surface area contributed by atoms with Crippen molar-refractivity contribution in [1.82, 2.24) is 9.47 Å². The summed E-state index contributed by atoms with van der Waals surface area (Å²) >= 11 is 0. The molecule has 1 aromatic heterocycles. The number of pyridine rings is 1. The molecule has 2 fully saturated rings. The Labute approximate surface area is 182 Å². The summed E-state index contributed by atoms with van der Waals surface area (Å²) in [6, 6.07) is 9.81. The van der Waals surface area contributed by atoms with Gasteiger partial charge >= 0.3 is 0 Å². The first-order chi connectivity index (χ1) is 15.1. The third-order valence-electron chi connectivity index (χ3n) is 6.72. The zero-order valence-electron chi connectivity index (χ0n) is 17.2. The first-order valence-corrected chi connectivity index (χ1v) is 11.2. The van der Waals surface area contributed by atoms with Crippen molar-refractivity contribution in [3.05, 3.63) is 63.6 Å². The number of Topliss-reactive ketones (excluding diaryl/α,β-unsaturated/α-hetero) is 1. The smallest absolute Gasteiger partial charge is 0.276 e. The number of benzene rings is 1. The first kappa shape index (κ1) is 20.4. The predicted molar refractivity (Wildman–Crippen MR) is 117 cm³/mol. The number of amides is 1. The molecule has 1 amide bonds. The van der Waals surface area contributed by atoms with Gasteiger partial charge in [0.1, 0.15) is 0 Å². The maximum atomic E-state index is 13.4. The summed E-state index contributed by atoms with van der Waals surface area (Å²) in [4.78, 5) is 41.2. The van der Waals surface area contributed by atoms with Gasteiger partial charge in [-0.3, -0.25) is 14.4 Å². The predicted octanol–water partition coefficient (Wildman–Crippen LogP) is 2.81. The molecule has 8 heteroatoms. The second-order valence-electron chi connectivity index (χ2n) is 8.49. The van der Waals surface area contributed by atoms with Crippen LogP contribution >= 0.6 is 9.47 Å². The number of aryl methyl sites for hydroxylation is 1. The minimum atomic E-state index is -0.535. The van der Waals surface area contributed by atoms with Gasteiger partial charge in [0.2, 0.25) is 5.43 Å². The van der Waals surface area contributed by atoms with Gasteiger partial charge in [0, 0.05) is 24.6 Å². The molecule has 0 spiro atoms. The van der Waals surface area contributed by atoms with Crippen molar-refractivity contribution in [3.8, 4) is 5.75 Å². The number of carbonyl (C=O) groups is 2. The minimum absolute atomic E-state index is 0.0490. The van der Waals surface area contributed by atoms with Gasteiger partial charge in [-0.25, -0.2) is 0 Å². The number of aromatic nitrogens is 1. The van der Waals surface area contributed by atoms with Crippen LogP contribution in [0.15, 0.2) is 41.3 Å². The van der Waals surface area contributed by atoms with Gasteiger partial charge in [-0.1, -0.05) is 36.8 Å². The van der Waals surface area contributed by atoms with Crippen molar-refractivity contribution < 1.29 is 18.8 Å². The molecule has 162 valence electrons. The topological polar surface area (TPSA) is 77.8 Å². The van der Waals surface area contributed by atoms with Crippen molar-refractivity contribution >= 4 is 21.2 Å². The van der Waals surface area contributed by atoms with Gasteiger partial charge in [0.05, 0.1) is 28.2 Å². The van der Waals surface area contributed by atoms with E-state index in [-0.39, 0.29) is 47.4 Å². The molecule has 0 bridgehead atoms. The Morgan fingerprint density at radius 3 is 2.77 bits per heavy atom. The molecular formula is C23H25N2O5P. The van der Waals surface area contributed by atoms with Gasteiger partial charge < -0.3 is 18.7 Å². The summed E-state index contributed by atoms with van der Waals surface area (Å²) in [5.74, 6) is -0.259. The van der Waals surface area contributed by atoms with E-state index in [0.29, 0.717) is 25.5 Å². The molecule has 1 saturated carbocycles. The van der Waals surface area contributed by atoms with Crippen molar-refractivity contribution in [2.45, 2.75) is 50.9 Å². The largest absolute Gasteiger partial charge is 0.474 e. The molecule has 1 aromatic carbocycles. The molecule has 3 aliphatic rings. The van der Waals surface area contributed by atoms with Crippen LogP contribution in [0.2, 0.25) is 0 Å². The van der Waals surface area contributed by atoms with Gasteiger partial charge in [0.15, 0.2) is 23.5 Å². The summed E-state index contributed by atoms with van der Waals surface area (Å²) in [5.41, 5.74) is 0.746. The van der Waals surface area contributed by atoms with E-state index < -0.39 is 5.43 Å². The number of fused-ring (bicyclic) bond motifs is 4. The number of rotatable bonds is 5. The highest BCUT2D eigenvalue weighted by molar-refractivity contribution is 7.10. The van der Waals surface area contributed by atoms with Crippen LogP contribution in [0.5, 0.6) is 5.75 Å². The zero-order chi connectivity index (χ0) is 21.5. The SMILES string of the molecule is O=C(CCc1ccccc1)c1cn2c(c(OP)c1=O)C(=O)N1[C@@H](C2)OC[C@@H]2CCC[C@@H]21. The van der Waals surface area contributed by atoms with Crippen LogP contribution in [0, 0.1) is 5.92 Å². The Morgan fingerprint density at radius 2 is 2.00 bits per heavy atom. The Kier molecular flexibility index (Phi) is 5.40. The normalized spacial score (nSPS) is 24.4. The average Bonchev–Trinajstić information content (AvgIpc) is 3.27. The van der Waals surface area contributed by atoms with E-state index in [9.17, 15) is 14.4 Å². The average molecular weight is 440 g/mol. The molecular weight excluding hydrogens is 415 g/mol. The van der Waals surface area contributed by atoms with Crippen LogP contribution in [0.4, 0.5) is 0 Å². The second kappa shape index (κ2) is 8.21. The summed E-state index contributed by atoms with van der Waals surface area (Å²) in [5, 5.41) is 0. The summed E-state index contributed by atoms with van der Waals surface area (Å²) in [6.07, 6.45) is 4.95. The molecule has 31 heavy (non-hydrogen) atoms. The Morgan fingerprint density at radius 1 is 1.19 bits per heavy atom. The lowest BCUT2D eigenvalue weighted by Gasteiger charge is -2.46. The summed E-state index contributed by atoms with van der Waals surface area (Å²) in [7, 11) is 2.05. The molecule has 1 unspecified atom stereocenters. The molecule has 7 nitrogen and oxygen atoms in total. The van der Waals surface area contributed by atoms with Crippen molar-refractivity contribution in [3.63, 3.8) is 0 Å². The lowest BCUT2D eigenvalue weighted by atomic mass is 9.98. The fraction of sp³-hybridized carbons (Fsp3) is 0.435. The fourth-order valence-corrected chi connectivity index (χ4v) is 5.39. The highest BCUT2D eigenvalue weighted by Gasteiger charge is 2.47. The first-order valence-electron chi connectivity index (χ1n) is 10.7. The van der Waals surface area contributed by atoms with E-state index in [0.717, 1.165) is 24.8 Å². The van der Waals surface area contributed by atoms with Gasteiger partial charge in [-0.05, 0) is 24.8 Å². The van der Waals surface area contributed by atoms with Crippen LogP contribution in [-0.2, 0) is 17.7 Å². The standard InChI is InChI=1S/C23H25N2O5P/c26-18(10-9-14-5-2-1-3-6-14)16-11-24-12-19-25(17-8-4-7-15(17)13-29-19)23(28)20(24)22(30-31)21(16)27/h1-3,5-6,11,15,17,19H,4,7-10,12-13,31H2/t15-,17-,19+/m0/s1.